The molecule has 0 bridgehead atoms. The van der Waals surface area contributed by atoms with Crippen LogP contribution in [0.1, 0.15) is 10.4 Å². The number of benzene rings is 2. The molecule has 3 rings (SSSR count). The van der Waals surface area contributed by atoms with Gasteiger partial charge in [-0.15, -0.1) is 0 Å². The Kier molecular flexibility index (Phi) is 4.01. The number of nitrogens with one attached hydrogen (secondary N) is 2. The molecule has 0 aliphatic rings. The SMILES string of the molecule is CNC(=O)c1c(-c2ccccc2)c(-c2ccccc2)n[nH]c1=O. The van der Waals surface area contributed by atoms with E-state index >= 15 is 0 Å². The Morgan fingerprint density at radius 2 is 1.52 bits per heavy atom. The molecule has 1 aromatic heterocycles. The molecule has 0 unspecified atom stereocenters. The Morgan fingerprint density at radius 1 is 0.957 bits per heavy atom. The van der Waals surface area contributed by atoms with Gasteiger partial charge in [-0.25, -0.2) is 5.10 Å². The number of carbonyl (C=O) groups is 1. The lowest BCUT2D eigenvalue weighted by Gasteiger charge is -2.12. The Morgan fingerprint density at radius 3 is 2.09 bits per heavy atom. The molecule has 1 amide bonds. The van der Waals surface area contributed by atoms with Gasteiger partial charge in [0.05, 0.1) is 5.69 Å². The summed E-state index contributed by atoms with van der Waals surface area (Å²) in [5, 5.41) is 9.13. The molecule has 0 fully saturated rings. The van der Waals surface area contributed by atoms with Crippen LogP contribution in [-0.4, -0.2) is 23.2 Å². The predicted octanol–water partition coefficient (Wildman–Crippen LogP) is 2.46. The highest BCUT2D eigenvalue weighted by Crippen LogP contribution is 2.31. The minimum atomic E-state index is -0.511. The number of hydrogen-bond acceptors (Lipinski definition) is 3. The first-order valence-corrected chi connectivity index (χ1v) is 7.18. The Hall–Kier alpha value is -3.21. The molecule has 114 valence electrons. The lowest BCUT2D eigenvalue weighted by Crippen LogP contribution is -2.29. The number of aromatic nitrogens is 2. The molecule has 1 heterocycles. The Bertz CT molecular complexity index is 887. The minimum absolute atomic E-state index is 0.0625. The fourth-order valence-corrected chi connectivity index (χ4v) is 2.48. The van der Waals surface area contributed by atoms with Gasteiger partial charge < -0.3 is 5.32 Å². The average molecular weight is 305 g/mol. The van der Waals surface area contributed by atoms with Crippen LogP contribution < -0.4 is 10.9 Å². The molecule has 0 aliphatic carbocycles. The highest BCUT2D eigenvalue weighted by Gasteiger charge is 2.21. The molecule has 0 saturated carbocycles. The van der Waals surface area contributed by atoms with Crippen molar-refractivity contribution in [2.45, 2.75) is 0 Å². The summed E-state index contributed by atoms with van der Waals surface area (Å²) in [6.45, 7) is 0. The van der Waals surface area contributed by atoms with Gasteiger partial charge in [-0.3, -0.25) is 9.59 Å². The largest absolute Gasteiger partial charge is 0.355 e. The summed E-state index contributed by atoms with van der Waals surface area (Å²) in [6, 6.07) is 18.8. The van der Waals surface area contributed by atoms with Crippen molar-refractivity contribution in [3.05, 3.63) is 76.6 Å². The lowest BCUT2D eigenvalue weighted by atomic mass is 9.95. The van der Waals surface area contributed by atoms with Crippen LogP contribution in [0.4, 0.5) is 0 Å². The van der Waals surface area contributed by atoms with Crippen molar-refractivity contribution in [1.82, 2.24) is 15.5 Å². The Balaban J connectivity index is 2.38. The van der Waals surface area contributed by atoms with E-state index in [-0.39, 0.29) is 5.56 Å². The van der Waals surface area contributed by atoms with Crippen molar-refractivity contribution in [3.63, 3.8) is 0 Å². The monoisotopic (exact) mass is 305 g/mol. The van der Waals surface area contributed by atoms with E-state index in [1.165, 1.54) is 7.05 Å². The zero-order valence-corrected chi connectivity index (χ0v) is 12.5. The summed E-state index contributed by atoms with van der Waals surface area (Å²) >= 11 is 0. The molecular formula is C18H15N3O2. The zero-order valence-electron chi connectivity index (χ0n) is 12.5. The fourth-order valence-electron chi connectivity index (χ4n) is 2.48. The van der Waals surface area contributed by atoms with Crippen molar-refractivity contribution in [2.24, 2.45) is 0 Å². The fraction of sp³-hybridized carbons (Fsp3) is 0.0556. The maximum atomic E-state index is 12.3. The van der Waals surface area contributed by atoms with E-state index in [4.69, 9.17) is 0 Å². The first kappa shape index (κ1) is 14.7. The standard InChI is InChI=1S/C18H15N3O2/c1-19-17(22)15-14(12-8-4-2-5-9-12)16(20-21-18(15)23)13-10-6-3-7-11-13/h2-11H,1H3,(H,19,22)(H,21,23). The van der Waals surface area contributed by atoms with E-state index in [0.717, 1.165) is 11.1 Å². The van der Waals surface area contributed by atoms with Crippen LogP contribution in [-0.2, 0) is 0 Å². The van der Waals surface area contributed by atoms with Gasteiger partial charge >= 0.3 is 0 Å². The van der Waals surface area contributed by atoms with E-state index < -0.39 is 11.5 Å². The molecule has 0 radical (unpaired) electrons. The topological polar surface area (TPSA) is 74.8 Å². The smallest absolute Gasteiger partial charge is 0.277 e. The number of rotatable bonds is 3. The first-order valence-electron chi connectivity index (χ1n) is 7.18. The second-order valence-electron chi connectivity index (χ2n) is 4.96. The molecule has 5 nitrogen and oxygen atoms in total. The summed E-state index contributed by atoms with van der Waals surface area (Å²) < 4.78 is 0. The summed E-state index contributed by atoms with van der Waals surface area (Å²) in [5.41, 5.74) is 2.24. The molecule has 2 N–H and O–H groups in total. The van der Waals surface area contributed by atoms with Crippen LogP contribution in [0.2, 0.25) is 0 Å². The molecule has 23 heavy (non-hydrogen) atoms. The van der Waals surface area contributed by atoms with Crippen molar-refractivity contribution in [3.8, 4) is 22.4 Å². The Labute approximate surface area is 133 Å². The third-order valence-electron chi connectivity index (χ3n) is 3.55. The van der Waals surface area contributed by atoms with Gasteiger partial charge in [0.2, 0.25) is 0 Å². The van der Waals surface area contributed by atoms with Crippen molar-refractivity contribution in [2.75, 3.05) is 7.05 Å². The van der Waals surface area contributed by atoms with Gasteiger partial charge in [-0.1, -0.05) is 60.7 Å². The van der Waals surface area contributed by atoms with Crippen LogP contribution in [0.3, 0.4) is 0 Å². The van der Waals surface area contributed by atoms with E-state index in [2.05, 4.69) is 15.5 Å². The molecular weight excluding hydrogens is 290 g/mol. The van der Waals surface area contributed by atoms with E-state index in [1.807, 2.05) is 60.7 Å². The third kappa shape index (κ3) is 2.76. The zero-order chi connectivity index (χ0) is 16.2. The average Bonchev–Trinajstić information content (AvgIpc) is 2.62. The van der Waals surface area contributed by atoms with Gasteiger partial charge in [0.1, 0.15) is 5.56 Å². The van der Waals surface area contributed by atoms with Crippen LogP contribution in [0.25, 0.3) is 22.4 Å². The highest BCUT2D eigenvalue weighted by atomic mass is 16.2. The van der Waals surface area contributed by atoms with Crippen LogP contribution in [0.15, 0.2) is 65.5 Å². The number of hydrogen-bond donors (Lipinski definition) is 2. The summed E-state index contributed by atoms with van der Waals surface area (Å²) in [4.78, 5) is 24.5. The summed E-state index contributed by atoms with van der Waals surface area (Å²) in [7, 11) is 1.50. The summed E-state index contributed by atoms with van der Waals surface area (Å²) in [5.74, 6) is -0.440. The molecule has 0 atom stereocenters. The second kappa shape index (κ2) is 6.27. The van der Waals surface area contributed by atoms with Crippen molar-refractivity contribution in [1.29, 1.82) is 0 Å². The van der Waals surface area contributed by atoms with E-state index in [9.17, 15) is 9.59 Å². The maximum absolute atomic E-state index is 12.3. The molecule has 0 spiro atoms. The van der Waals surface area contributed by atoms with E-state index in [0.29, 0.717) is 11.3 Å². The minimum Gasteiger partial charge on any atom is -0.355 e. The van der Waals surface area contributed by atoms with Gasteiger partial charge in [0, 0.05) is 18.2 Å². The number of H-pyrrole nitrogens is 1. The lowest BCUT2D eigenvalue weighted by molar-refractivity contribution is 0.0962. The van der Waals surface area contributed by atoms with Gasteiger partial charge in [0.15, 0.2) is 0 Å². The van der Waals surface area contributed by atoms with Crippen LogP contribution in [0, 0.1) is 0 Å². The molecule has 0 aliphatic heterocycles. The highest BCUT2D eigenvalue weighted by molar-refractivity contribution is 6.03. The first-order chi connectivity index (χ1) is 11.2. The quantitative estimate of drug-likeness (QED) is 0.780. The van der Waals surface area contributed by atoms with Crippen LogP contribution in [0.5, 0.6) is 0 Å². The van der Waals surface area contributed by atoms with Gasteiger partial charge in [0.25, 0.3) is 11.5 Å². The molecule has 0 saturated heterocycles. The normalized spacial score (nSPS) is 10.3. The van der Waals surface area contributed by atoms with Gasteiger partial charge in [-0.05, 0) is 5.56 Å². The van der Waals surface area contributed by atoms with Crippen LogP contribution >= 0.6 is 0 Å². The van der Waals surface area contributed by atoms with Crippen molar-refractivity contribution >= 4 is 5.91 Å². The second-order valence-corrected chi connectivity index (χ2v) is 4.96. The number of nitrogens with zero attached hydrogens (tertiary/aromatic N) is 1. The molecule has 5 heteroatoms. The summed E-state index contributed by atoms with van der Waals surface area (Å²) in [6.07, 6.45) is 0. The maximum Gasteiger partial charge on any atom is 0.277 e. The number of amides is 1. The number of aromatic amines is 1. The van der Waals surface area contributed by atoms with E-state index in [1.54, 1.807) is 0 Å². The third-order valence-corrected chi connectivity index (χ3v) is 3.55. The molecule has 3 aromatic rings. The molecule has 2 aromatic carbocycles. The van der Waals surface area contributed by atoms with Crippen molar-refractivity contribution < 1.29 is 4.79 Å². The predicted molar refractivity (Wildman–Crippen MR) is 89.1 cm³/mol. The van der Waals surface area contributed by atoms with Gasteiger partial charge in [-0.2, -0.15) is 5.10 Å². The number of carbonyl (C=O) groups excluding carboxylic acids is 1.